The van der Waals surface area contributed by atoms with Crippen LogP contribution in [-0.2, 0) is 31.8 Å². The number of nitrogens with zero attached hydrogens (tertiary/aromatic N) is 5. The molecule has 1 aromatic carbocycles. The van der Waals surface area contributed by atoms with Crippen LogP contribution in [0.25, 0.3) is 44.4 Å². The zero-order chi connectivity index (χ0) is 46.6. The molecule has 5 N–H and O–H groups in total. The number of allylic oxidation sites excluding steroid dienone is 4. The van der Waals surface area contributed by atoms with Crippen LogP contribution in [0.1, 0.15) is 93.7 Å². The summed E-state index contributed by atoms with van der Waals surface area (Å²) in [5.74, 6) is 0.375. The normalized spacial score (nSPS) is 12.9. The van der Waals surface area contributed by atoms with Crippen molar-refractivity contribution in [1.29, 1.82) is 0 Å². The minimum Gasteiger partial charge on any atom is -0.657 e. The van der Waals surface area contributed by atoms with Crippen LogP contribution in [0, 0.1) is 39.9 Å². The Bertz CT molecular complexity index is 2320. The van der Waals surface area contributed by atoms with E-state index in [2.05, 4.69) is 41.9 Å². The van der Waals surface area contributed by atoms with E-state index in [1.54, 1.807) is 31.6 Å². The number of amides is 1. The molecule has 0 radical (unpaired) electrons. The molecular weight excluding hydrogens is 986 g/mol. The molecule has 362 valence electrons. The van der Waals surface area contributed by atoms with Crippen LogP contribution < -0.4 is 30.4 Å². The van der Waals surface area contributed by atoms with Crippen molar-refractivity contribution >= 4 is 50.3 Å². The Kier molecular flexibility index (Phi) is 24.3. The molecule has 1 atom stereocenters. The summed E-state index contributed by atoms with van der Waals surface area (Å²) in [4.78, 5) is 38.5. The number of hydrogen-bond donors (Lipinski definition) is 5. The van der Waals surface area contributed by atoms with E-state index in [1.165, 1.54) is 0 Å². The van der Waals surface area contributed by atoms with E-state index in [9.17, 15) is 15.0 Å². The van der Waals surface area contributed by atoms with E-state index < -0.39 is 0 Å². The summed E-state index contributed by atoms with van der Waals surface area (Å²) in [5, 5.41) is 29.1. The average molecular weight is 1060 g/mol. The number of nitrogens with one attached hydrogen (secondary N) is 3. The average Bonchev–Trinajstić information content (AvgIpc) is 3.91. The van der Waals surface area contributed by atoms with Gasteiger partial charge in [0.1, 0.15) is 6.61 Å². The fraction of sp³-hybridized carbons (Fsp3) is 0.531. The Labute approximate surface area is 421 Å². The maximum absolute atomic E-state index is 13.1. The third kappa shape index (κ3) is 15.4. The van der Waals surface area contributed by atoms with Gasteiger partial charge in [0.05, 0.1) is 79.2 Å². The van der Waals surface area contributed by atoms with Crippen LogP contribution in [0.2, 0.25) is 0 Å². The molecule has 66 heavy (non-hydrogen) atoms. The van der Waals surface area contributed by atoms with E-state index >= 15 is 0 Å². The Morgan fingerprint density at radius 2 is 1.24 bits per heavy atom. The Balaban J connectivity index is 0.00000952. The molecule has 1 amide bonds. The van der Waals surface area contributed by atoms with Crippen LogP contribution in [0.5, 0.6) is 11.5 Å². The van der Waals surface area contributed by atoms with E-state index in [0.29, 0.717) is 92.6 Å². The molecule has 0 fully saturated rings. The molecule has 3 aromatic rings. The summed E-state index contributed by atoms with van der Waals surface area (Å²) < 4.78 is 28.8. The van der Waals surface area contributed by atoms with Gasteiger partial charge in [-0.25, -0.2) is 9.97 Å². The van der Waals surface area contributed by atoms with Gasteiger partial charge in [-0.2, -0.15) is 0 Å². The molecule has 2 aliphatic rings. The number of rotatable bonds is 27. The van der Waals surface area contributed by atoms with Gasteiger partial charge in [0.2, 0.25) is 0 Å². The zero-order valence-corrected chi connectivity index (χ0v) is 42.0. The number of likely N-dealkylation sites (N-methyl/N-ethyl adjacent to an activating group) is 2. The quantitative estimate of drug-likeness (QED) is 0.0619. The summed E-state index contributed by atoms with van der Waals surface area (Å²) in [6, 6.07) is 7.79. The first kappa shape index (κ1) is 54.9. The van der Waals surface area contributed by atoms with Crippen LogP contribution >= 0.6 is 0 Å². The number of ether oxygens (including phenoxy) is 5. The molecule has 2 aliphatic heterocycles. The van der Waals surface area contributed by atoms with Gasteiger partial charge in [-0.05, 0) is 95.2 Å². The van der Waals surface area contributed by atoms with Crippen molar-refractivity contribution in [3.05, 3.63) is 70.6 Å². The largest absolute Gasteiger partial charge is 0.657 e. The fourth-order valence-electron chi connectivity index (χ4n) is 7.83. The predicted octanol–water partition coefficient (Wildman–Crippen LogP) is 5.25. The molecule has 2 aromatic heterocycles. The third-order valence-corrected chi connectivity index (χ3v) is 11.4. The Morgan fingerprint density at radius 3 is 1.73 bits per heavy atom. The van der Waals surface area contributed by atoms with Crippen LogP contribution in [0.15, 0.2) is 36.7 Å². The molecule has 0 saturated heterocycles. The monoisotopic (exact) mass is 1060 g/mol. The number of aromatic nitrogens is 5. The van der Waals surface area contributed by atoms with Crippen molar-refractivity contribution in [2.45, 2.75) is 78.7 Å². The Morgan fingerprint density at radius 1 is 0.727 bits per heavy atom. The van der Waals surface area contributed by atoms with Gasteiger partial charge in [-0.15, -0.1) is 11.0 Å². The second-order valence-corrected chi connectivity index (χ2v) is 15.8. The van der Waals surface area contributed by atoms with Crippen molar-refractivity contribution in [2.75, 3.05) is 93.8 Å². The molecule has 0 aliphatic carbocycles. The van der Waals surface area contributed by atoms with Crippen molar-refractivity contribution in [1.82, 2.24) is 40.9 Å². The fourth-order valence-corrected chi connectivity index (χ4v) is 7.83. The third-order valence-electron chi connectivity index (χ3n) is 11.4. The number of fused-ring (bicyclic) bond motifs is 7. The van der Waals surface area contributed by atoms with Crippen LogP contribution in [0.4, 0.5) is 0 Å². The first-order valence-electron chi connectivity index (χ1n) is 22.9. The maximum Gasteiger partial charge on any atom is 0.257 e. The summed E-state index contributed by atoms with van der Waals surface area (Å²) in [6.07, 6.45) is 8.18. The number of aryl methyl sites for hydroxylation is 2. The van der Waals surface area contributed by atoms with Gasteiger partial charge < -0.3 is 54.8 Å². The molecule has 4 heterocycles. The molecule has 1 unspecified atom stereocenters. The summed E-state index contributed by atoms with van der Waals surface area (Å²) in [7, 11) is 5.42. The predicted molar refractivity (Wildman–Crippen MR) is 255 cm³/mol. The number of methoxy groups -OCH3 is 1. The van der Waals surface area contributed by atoms with Crippen molar-refractivity contribution < 1.29 is 78.6 Å². The molecule has 5 rings (SSSR count). The van der Waals surface area contributed by atoms with E-state index in [4.69, 9.17) is 48.6 Å². The van der Waals surface area contributed by atoms with Crippen LogP contribution in [-0.4, -0.2) is 136 Å². The molecule has 0 spiro atoms. The molecule has 16 nitrogen and oxygen atoms in total. The van der Waals surface area contributed by atoms with Crippen LogP contribution in [0.3, 0.4) is 0 Å². The SMILES string of the molecule is CCc1c(CC)c2cc3nc(cnc4cc(OCC(=O)NCCC(CNC)NC)c(OCCOCCOCCOC)cc4ncc4nc(cc1[n-]2)C(CCCO)=C4C)C(C)=C3CCCO.[Gd]. The second kappa shape index (κ2) is 29.2. The number of carbonyl (C=O) groups excluding carboxylic acids is 1. The number of aliphatic hydroxyl groups is 2. The van der Waals surface area contributed by atoms with Gasteiger partial charge in [0, 0.05) is 91.5 Å². The van der Waals surface area contributed by atoms with E-state index in [-0.39, 0.29) is 84.9 Å². The summed E-state index contributed by atoms with van der Waals surface area (Å²) >= 11 is 0. The van der Waals surface area contributed by atoms with Gasteiger partial charge in [-0.3, -0.25) is 14.8 Å². The number of benzene rings is 1. The van der Waals surface area contributed by atoms with Gasteiger partial charge in [-0.1, -0.05) is 37.1 Å². The van der Waals surface area contributed by atoms with Crippen molar-refractivity contribution in [2.24, 2.45) is 0 Å². The minimum atomic E-state index is -0.279. The summed E-state index contributed by atoms with van der Waals surface area (Å²) in [6.45, 7) is 11.7. The zero-order valence-electron chi connectivity index (χ0n) is 39.7. The smallest absolute Gasteiger partial charge is 0.257 e. The van der Waals surface area contributed by atoms with Gasteiger partial charge in [0.15, 0.2) is 18.1 Å². The first-order valence-corrected chi connectivity index (χ1v) is 22.9. The number of hydrogen-bond acceptors (Lipinski definition) is 14. The van der Waals surface area contributed by atoms with Crippen molar-refractivity contribution in [3.63, 3.8) is 0 Å². The van der Waals surface area contributed by atoms with Gasteiger partial charge in [0.25, 0.3) is 5.91 Å². The first-order chi connectivity index (χ1) is 31.7. The maximum atomic E-state index is 13.1. The van der Waals surface area contributed by atoms with Crippen molar-refractivity contribution in [3.8, 4) is 11.5 Å². The molecule has 0 saturated carbocycles. The van der Waals surface area contributed by atoms with E-state index in [0.717, 1.165) is 81.6 Å². The number of aliphatic hydroxyl groups excluding tert-OH is 2. The molecule has 17 heteroatoms. The molecular formula is C49H69GdN8O8-. The minimum absolute atomic E-state index is 0. The topological polar surface area (TPSA) is 205 Å². The standard InChI is InChI=1S/C49H70N8O8.Gd/c1-8-35-36(9-2)40-25-42-38(13-11-17-59)33(4)46(57-42)30-54-44-27-48(65-31-49(60)52-15-14-34(51-6)28-50-5)47(64-23-22-63-21-20-62-19-18-61-7)26-43(44)53-29-45-32(3)37(12-10-16-58)41(56-45)24-39(35)55-40;/h24-27,29-30,34,50-51,58-59H,8-23,28,31H2,1-7H3,(H2,52,53,54,55,56,57,60);/p-1. The van der Waals surface area contributed by atoms with Gasteiger partial charge >= 0.3 is 0 Å². The van der Waals surface area contributed by atoms with E-state index in [1.807, 2.05) is 27.9 Å². The Hall–Kier alpha value is -3.75. The number of carbonyl (C=O) groups is 1. The second-order valence-electron chi connectivity index (χ2n) is 15.8. The summed E-state index contributed by atoms with van der Waals surface area (Å²) in [5.41, 5.74) is 11.8. The molecule has 6 bridgehead atoms.